The average Bonchev–Trinajstić information content (AvgIpc) is 3.85. The zero-order chi connectivity index (χ0) is 41.5. The zero-order valence-electron chi connectivity index (χ0n) is 34.5. The van der Waals surface area contributed by atoms with E-state index in [2.05, 4.69) is 252 Å². The summed E-state index contributed by atoms with van der Waals surface area (Å²) in [4.78, 5) is 2.42. The normalized spacial score (nSPS) is 14.4. The minimum atomic E-state index is -0.513. The molecule has 1 aliphatic carbocycles. The number of anilines is 3. The molecule has 2 heteroatoms. The van der Waals surface area contributed by atoms with E-state index in [4.69, 9.17) is 0 Å². The van der Waals surface area contributed by atoms with Crippen LogP contribution >= 0.6 is 0 Å². The van der Waals surface area contributed by atoms with E-state index in [-0.39, 0.29) is 0 Å². The smallest absolute Gasteiger partial charge is 0.0754 e. The molecule has 0 radical (unpaired) electrons. The van der Waals surface area contributed by atoms with Gasteiger partial charge in [0, 0.05) is 27.7 Å². The molecule has 63 heavy (non-hydrogen) atoms. The minimum Gasteiger partial charge on any atom is -0.310 e. The highest BCUT2D eigenvalue weighted by molar-refractivity contribution is 6.13. The summed E-state index contributed by atoms with van der Waals surface area (Å²) in [6.45, 7) is 0. The molecular formula is C61H40N2. The van der Waals surface area contributed by atoms with Crippen molar-refractivity contribution in [3.8, 4) is 50.2 Å². The van der Waals surface area contributed by atoms with Crippen molar-refractivity contribution in [2.75, 3.05) is 4.90 Å². The van der Waals surface area contributed by atoms with Crippen molar-refractivity contribution >= 4 is 38.9 Å². The minimum absolute atomic E-state index is 0.513. The van der Waals surface area contributed by atoms with E-state index in [9.17, 15) is 0 Å². The van der Waals surface area contributed by atoms with E-state index in [0.29, 0.717) is 0 Å². The van der Waals surface area contributed by atoms with Crippen LogP contribution in [-0.2, 0) is 5.41 Å². The highest BCUT2D eigenvalue weighted by Gasteiger charge is 2.50. The number of hydrogen-bond donors (Lipinski definition) is 0. The third-order valence-electron chi connectivity index (χ3n) is 13.6. The van der Waals surface area contributed by atoms with Gasteiger partial charge in [0.1, 0.15) is 0 Å². The first-order valence-corrected chi connectivity index (χ1v) is 21.9. The fraction of sp³-hybridized carbons (Fsp3) is 0.0164. The summed E-state index contributed by atoms with van der Waals surface area (Å²) in [5, 5.41) is 2.57. The molecule has 0 N–H and O–H groups in total. The highest BCUT2D eigenvalue weighted by Crippen LogP contribution is 2.61. The molecule has 0 bridgehead atoms. The molecule has 294 valence electrons. The molecule has 10 aromatic carbocycles. The van der Waals surface area contributed by atoms with Crippen molar-refractivity contribution in [3.63, 3.8) is 0 Å². The van der Waals surface area contributed by atoms with Crippen LogP contribution in [0, 0.1) is 0 Å². The molecule has 2 aliphatic rings. The predicted molar refractivity (Wildman–Crippen MR) is 263 cm³/mol. The van der Waals surface area contributed by atoms with Gasteiger partial charge in [0.2, 0.25) is 0 Å². The van der Waals surface area contributed by atoms with Crippen molar-refractivity contribution in [2.45, 2.75) is 5.41 Å². The number of nitrogens with zero attached hydrogens (tertiary/aromatic N) is 2. The topological polar surface area (TPSA) is 8.17 Å². The lowest BCUT2D eigenvalue weighted by molar-refractivity contribution is 0.749. The molecule has 0 saturated heterocycles. The van der Waals surface area contributed by atoms with E-state index >= 15 is 0 Å². The summed E-state index contributed by atoms with van der Waals surface area (Å²) < 4.78 is 2.52. The van der Waals surface area contributed by atoms with Gasteiger partial charge in [-0.3, -0.25) is 0 Å². The summed E-state index contributed by atoms with van der Waals surface area (Å²) in [6.07, 6.45) is 0. The number of para-hydroxylation sites is 5. The Morgan fingerprint density at radius 2 is 0.889 bits per heavy atom. The second-order valence-electron chi connectivity index (χ2n) is 16.8. The lowest BCUT2D eigenvalue weighted by atomic mass is 9.65. The maximum absolute atomic E-state index is 2.52. The quantitative estimate of drug-likeness (QED) is 0.163. The Bertz CT molecular complexity index is 3580. The fourth-order valence-electron chi connectivity index (χ4n) is 11.1. The van der Waals surface area contributed by atoms with Crippen LogP contribution in [0.5, 0.6) is 0 Å². The third-order valence-corrected chi connectivity index (χ3v) is 13.6. The Kier molecular flexibility index (Phi) is 7.85. The van der Waals surface area contributed by atoms with E-state index < -0.39 is 5.41 Å². The van der Waals surface area contributed by atoms with E-state index in [1.807, 2.05) is 0 Å². The predicted octanol–water partition coefficient (Wildman–Crippen LogP) is 15.9. The first kappa shape index (κ1) is 35.5. The van der Waals surface area contributed by atoms with Gasteiger partial charge >= 0.3 is 0 Å². The van der Waals surface area contributed by atoms with Gasteiger partial charge in [0.25, 0.3) is 0 Å². The summed E-state index contributed by atoms with van der Waals surface area (Å²) in [6, 6.07) is 89.5. The monoisotopic (exact) mass is 800 g/mol. The second-order valence-corrected chi connectivity index (χ2v) is 16.8. The molecule has 2 nitrogen and oxygen atoms in total. The molecule has 1 unspecified atom stereocenters. The van der Waals surface area contributed by atoms with Crippen molar-refractivity contribution in [1.82, 2.24) is 4.57 Å². The number of rotatable bonds is 6. The summed E-state index contributed by atoms with van der Waals surface area (Å²) in [5.74, 6) is 0. The number of hydrogen-bond acceptors (Lipinski definition) is 1. The molecule has 2 heterocycles. The Hall–Kier alpha value is -8.20. The lowest BCUT2D eigenvalue weighted by Crippen LogP contribution is -2.33. The van der Waals surface area contributed by atoms with E-state index in [1.165, 1.54) is 94.3 Å². The van der Waals surface area contributed by atoms with Gasteiger partial charge in [-0.05, 0) is 110 Å². The molecule has 1 aromatic heterocycles. The molecule has 0 fully saturated rings. The van der Waals surface area contributed by atoms with Gasteiger partial charge in [0.15, 0.2) is 0 Å². The molecule has 0 saturated carbocycles. The van der Waals surface area contributed by atoms with Crippen LogP contribution in [0.4, 0.5) is 17.1 Å². The average molecular weight is 801 g/mol. The van der Waals surface area contributed by atoms with Crippen molar-refractivity contribution in [2.24, 2.45) is 0 Å². The zero-order valence-corrected chi connectivity index (χ0v) is 34.5. The molecule has 1 aliphatic heterocycles. The number of benzene rings is 10. The van der Waals surface area contributed by atoms with E-state index in [0.717, 1.165) is 17.1 Å². The number of aromatic nitrogens is 1. The summed E-state index contributed by atoms with van der Waals surface area (Å²) in [5.41, 5.74) is 21.6. The van der Waals surface area contributed by atoms with Crippen LogP contribution in [0.3, 0.4) is 0 Å². The van der Waals surface area contributed by atoms with Crippen molar-refractivity contribution in [1.29, 1.82) is 0 Å². The van der Waals surface area contributed by atoms with Crippen LogP contribution < -0.4 is 4.90 Å². The molecule has 11 aromatic rings. The Labute approximate surface area is 367 Å². The Morgan fingerprint density at radius 3 is 1.75 bits per heavy atom. The summed E-state index contributed by atoms with van der Waals surface area (Å²) in [7, 11) is 0. The van der Waals surface area contributed by atoms with Crippen molar-refractivity contribution < 1.29 is 0 Å². The van der Waals surface area contributed by atoms with Gasteiger partial charge in [-0.25, -0.2) is 0 Å². The first-order chi connectivity index (χ1) is 31.3. The standard InChI is InChI=1S/C61H40N2/c1-3-19-41(20-4-1)46-25-7-8-26-47(46)50-28-10-14-34-57(50)62(44-22-5-2-6-23-44)45-24-17-21-42(39-45)43-37-38-49-48-27-9-12-31-53(48)61(56(49)40-43)54-32-13-16-36-59(54)63-58-35-15-11-29-51(58)52-30-18-33-55(61)60(52)63/h1-40H. The maximum Gasteiger partial charge on any atom is 0.0754 e. The fourth-order valence-corrected chi connectivity index (χ4v) is 11.1. The van der Waals surface area contributed by atoms with Crippen LogP contribution in [0.2, 0.25) is 0 Å². The summed E-state index contributed by atoms with van der Waals surface area (Å²) >= 11 is 0. The lowest BCUT2D eigenvalue weighted by Gasteiger charge is -2.39. The highest BCUT2D eigenvalue weighted by atomic mass is 15.1. The molecule has 13 rings (SSSR count). The van der Waals surface area contributed by atoms with Gasteiger partial charge in [0.05, 0.1) is 27.8 Å². The van der Waals surface area contributed by atoms with E-state index in [1.54, 1.807) is 0 Å². The Morgan fingerprint density at radius 1 is 0.317 bits per heavy atom. The first-order valence-electron chi connectivity index (χ1n) is 21.9. The van der Waals surface area contributed by atoms with Gasteiger partial charge in [-0.1, -0.05) is 194 Å². The van der Waals surface area contributed by atoms with Crippen LogP contribution in [0.1, 0.15) is 22.3 Å². The van der Waals surface area contributed by atoms with Crippen LogP contribution in [0.15, 0.2) is 243 Å². The van der Waals surface area contributed by atoms with Gasteiger partial charge in [-0.2, -0.15) is 0 Å². The molecule has 1 spiro atoms. The Balaban J connectivity index is 1.02. The number of fused-ring (bicyclic) bond motifs is 12. The third kappa shape index (κ3) is 5.13. The molecular weight excluding hydrogens is 761 g/mol. The molecule has 1 atom stereocenters. The SMILES string of the molecule is c1ccc(-c2ccccc2-c2ccccc2N(c2ccccc2)c2cccc(-c3ccc4c(c3)C3(c5ccccc5-4)c4ccccc4-n4c5ccccc5c5cccc3c54)c2)cc1. The largest absolute Gasteiger partial charge is 0.310 e. The van der Waals surface area contributed by atoms with Crippen molar-refractivity contribution in [3.05, 3.63) is 265 Å². The van der Waals surface area contributed by atoms with Crippen LogP contribution in [-0.4, -0.2) is 4.57 Å². The molecule has 0 amide bonds. The van der Waals surface area contributed by atoms with Crippen LogP contribution in [0.25, 0.3) is 72.0 Å². The maximum atomic E-state index is 2.52. The second kappa shape index (κ2) is 13.9. The van der Waals surface area contributed by atoms with Gasteiger partial charge < -0.3 is 9.47 Å². The van der Waals surface area contributed by atoms with Gasteiger partial charge in [-0.15, -0.1) is 0 Å².